The highest BCUT2D eigenvalue weighted by atomic mass is 35.5. The van der Waals surface area contributed by atoms with Gasteiger partial charge in [-0.05, 0) is 31.0 Å². The van der Waals surface area contributed by atoms with Crippen molar-refractivity contribution in [3.63, 3.8) is 0 Å². The van der Waals surface area contributed by atoms with Crippen LogP contribution < -0.4 is 5.32 Å². The Labute approximate surface area is 93.8 Å². The van der Waals surface area contributed by atoms with Crippen LogP contribution in [-0.4, -0.2) is 18.3 Å². The van der Waals surface area contributed by atoms with E-state index in [0.717, 1.165) is 18.5 Å². The molecule has 0 unspecified atom stereocenters. The van der Waals surface area contributed by atoms with E-state index in [0.29, 0.717) is 16.6 Å². The van der Waals surface area contributed by atoms with Crippen molar-refractivity contribution in [2.24, 2.45) is 0 Å². The van der Waals surface area contributed by atoms with Crippen LogP contribution in [0.3, 0.4) is 0 Å². The standard InChI is InChI=1S/C10H12Cl2NO/c11-8-5-9(12)7-10(6-8)13-3-1-2-4-14/h5-7,14H,1-4H2. The lowest BCUT2D eigenvalue weighted by Crippen LogP contribution is -2.00. The second-order valence-corrected chi connectivity index (χ2v) is 3.81. The number of hydrogen-bond acceptors (Lipinski definition) is 1. The Morgan fingerprint density at radius 1 is 1.07 bits per heavy atom. The van der Waals surface area contributed by atoms with Crippen LogP contribution in [0.15, 0.2) is 18.2 Å². The quantitative estimate of drug-likeness (QED) is 0.779. The maximum absolute atomic E-state index is 8.57. The number of hydrogen-bond donors (Lipinski definition) is 1. The second kappa shape index (κ2) is 6.12. The molecule has 0 atom stereocenters. The van der Waals surface area contributed by atoms with Gasteiger partial charge in [0.25, 0.3) is 0 Å². The molecule has 0 aliphatic rings. The van der Waals surface area contributed by atoms with Crippen molar-refractivity contribution in [1.82, 2.24) is 5.32 Å². The fourth-order valence-electron chi connectivity index (χ4n) is 1.06. The van der Waals surface area contributed by atoms with Crippen molar-refractivity contribution in [3.05, 3.63) is 28.2 Å². The molecular formula is C10H12Cl2NO. The summed E-state index contributed by atoms with van der Waals surface area (Å²) >= 11 is 11.6. The summed E-state index contributed by atoms with van der Waals surface area (Å²) in [6.45, 7) is 0.906. The molecule has 1 rings (SSSR count). The third kappa shape index (κ3) is 4.18. The van der Waals surface area contributed by atoms with E-state index in [1.807, 2.05) is 0 Å². The number of unbranched alkanes of at least 4 members (excludes halogenated alkanes) is 1. The number of rotatable bonds is 5. The Bertz CT molecular complexity index is 271. The Hall–Kier alpha value is -0.440. The summed E-state index contributed by atoms with van der Waals surface area (Å²) in [5.74, 6) is 0. The van der Waals surface area contributed by atoms with E-state index in [1.165, 1.54) is 0 Å². The van der Waals surface area contributed by atoms with E-state index < -0.39 is 0 Å². The van der Waals surface area contributed by atoms with Crippen LogP contribution in [0.4, 0.5) is 5.69 Å². The SMILES string of the molecule is OCCCC[N]c1cc(Cl)cc(Cl)c1. The van der Waals surface area contributed by atoms with E-state index in [2.05, 4.69) is 5.32 Å². The minimum absolute atomic E-state index is 0.214. The zero-order valence-corrected chi connectivity index (χ0v) is 9.22. The van der Waals surface area contributed by atoms with Gasteiger partial charge in [0.1, 0.15) is 0 Å². The molecule has 1 aromatic carbocycles. The molecule has 1 aromatic rings. The Kier molecular flexibility index (Phi) is 5.09. The van der Waals surface area contributed by atoms with Crippen molar-refractivity contribution < 1.29 is 5.11 Å². The summed E-state index contributed by atoms with van der Waals surface area (Å²) in [5, 5.41) is 14.0. The largest absolute Gasteiger partial charge is 0.396 e. The molecule has 1 radical (unpaired) electrons. The fraction of sp³-hybridized carbons (Fsp3) is 0.400. The van der Waals surface area contributed by atoms with Gasteiger partial charge in [-0.1, -0.05) is 23.2 Å². The third-order valence-corrected chi connectivity index (χ3v) is 2.14. The van der Waals surface area contributed by atoms with Crippen LogP contribution in [0.1, 0.15) is 12.8 Å². The molecule has 0 amide bonds. The fourth-order valence-corrected chi connectivity index (χ4v) is 1.58. The van der Waals surface area contributed by atoms with E-state index in [4.69, 9.17) is 28.3 Å². The molecule has 77 valence electrons. The number of aliphatic hydroxyl groups is 1. The van der Waals surface area contributed by atoms with Crippen molar-refractivity contribution in [1.29, 1.82) is 0 Å². The lowest BCUT2D eigenvalue weighted by Gasteiger charge is -2.03. The second-order valence-electron chi connectivity index (χ2n) is 2.94. The molecule has 0 heterocycles. The molecular weight excluding hydrogens is 221 g/mol. The van der Waals surface area contributed by atoms with Gasteiger partial charge >= 0.3 is 0 Å². The van der Waals surface area contributed by atoms with Gasteiger partial charge in [0.2, 0.25) is 0 Å². The number of halogens is 2. The first kappa shape index (κ1) is 11.6. The third-order valence-electron chi connectivity index (χ3n) is 1.71. The highest BCUT2D eigenvalue weighted by Crippen LogP contribution is 2.22. The Balaban J connectivity index is 2.42. The summed E-state index contributed by atoms with van der Waals surface area (Å²) < 4.78 is 0. The van der Waals surface area contributed by atoms with Gasteiger partial charge in [-0.25, -0.2) is 0 Å². The van der Waals surface area contributed by atoms with E-state index in [9.17, 15) is 0 Å². The predicted octanol–water partition coefficient (Wildman–Crippen LogP) is 3.00. The summed E-state index contributed by atoms with van der Waals surface area (Å²) in [7, 11) is 0. The van der Waals surface area contributed by atoms with Gasteiger partial charge in [-0.2, -0.15) is 0 Å². The first-order valence-corrected chi connectivity index (χ1v) is 5.22. The highest BCUT2D eigenvalue weighted by Gasteiger charge is 1.98. The summed E-state index contributed by atoms with van der Waals surface area (Å²) in [4.78, 5) is 0. The van der Waals surface area contributed by atoms with E-state index >= 15 is 0 Å². The average molecular weight is 233 g/mol. The summed E-state index contributed by atoms with van der Waals surface area (Å²) in [6, 6.07) is 5.22. The molecule has 0 spiro atoms. The Morgan fingerprint density at radius 2 is 1.71 bits per heavy atom. The zero-order valence-electron chi connectivity index (χ0n) is 7.71. The first-order chi connectivity index (χ1) is 6.72. The maximum Gasteiger partial charge on any atom is 0.0603 e. The molecule has 0 bridgehead atoms. The minimum atomic E-state index is 0.214. The van der Waals surface area contributed by atoms with Crippen LogP contribution in [0.2, 0.25) is 10.0 Å². The lowest BCUT2D eigenvalue weighted by atomic mass is 10.3. The van der Waals surface area contributed by atoms with E-state index in [1.54, 1.807) is 18.2 Å². The average Bonchev–Trinajstić information content (AvgIpc) is 2.11. The molecule has 2 nitrogen and oxygen atoms in total. The highest BCUT2D eigenvalue weighted by molar-refractivity contribution is 6.35. The summed E-state index contributed by atoms with van der Waals surface area (Å²) in [5.41, 5.74) is 0.792. The van der Waals surface area contributed by atoms with Crippen molar-refractivity contribution >= 4 is 28.9 Å². The lowest BCUT2D eigenvalue weighted by molar-refractivity contribution is 0.284. The predicted molar refractivity (Wildman–Crippen MR) is 59.4 cm³/mol. The summed E-state index contributed by atoms with van der Waals surface area (Å²) in [6.07, 6.45) is 1.65. The van der Waals surface area contributed by atoms with Crippen molar-refractivity contribution in [2.75, 3.05) is 13.2 Å². The molecule has 0 fully saturated rings. The molecule has 0 aromatic heterocycles. The van der Waals surface area contributed by atoms with Gasteiger partial charge in [0.05, 0.1) is 5.69 Å². The van der Waals surface area contributed by atoms with Crippen LogP contribution in [0, 0.1) is 0 Å². The maximum atomic E-state index is 8.57. The zero-order chi connectivity index (χ0) is 10.4. The van der Waals surface area contributed by atoms with Crippen LogP contribution in [-0.2, 0) is 0 Å². The van der Waals surface area contributed by atoms with Crippen LogP contribution in [0.25, 0.3) is 0 Å². The van der Waals surface area contributed by atoms with Gasteiger partial charge < -0.3 is 5.11 Å². The number of aliphatic hydroxyl groups excluding tert-OH is 1. The normalized spacial score (nSPS) is 10.2. The van der Waals surface area contributed by atoms with Crippen LogP contribution >= 0.6 is 23.2 Å². The van der Waals surface area contributed by atoms with Crippen molar-refractivity contribution in [2.45, 2.75) is 12.8 Å². The minimum Gasteiger partial charge on any atom is -0.396 e. The van der Waals surface area contributed by atoms with Crippen LogP contribution in [0.5, 0.6) is 0 Å². The smallest absolute Gasteiger partial charge is 0.0603 e. The molecule has 0 saturated heterocycles. The molecule has 1 N–H and O–H groups in total. The molecule has 0 aliphatic heterocycles. The van der Waals surface area contributed by atoms with E-state index in [-0.39, 0.29) is 6.61 Å². The van der Waals surface area contributed by atoms with Crippen molar-refractivity contribution in [3.8, 4) is 0 Å². The molecule has 14 heavy (non-hydrogen) atoms. The van der Waals surface area contributed by atoms with Gasteiger partial charge in [-0.15, -0.1) is 0 Å². The van der Waals surface area contributed by atoms with Gasteiger partial charge in [-0.3, -0.25) is 5.32 Å². The monoisotopic (exact) mass is 232 g/mol. The van der Waals surface area contributed by atoms with Gasteiger partial charge in [0.15, 0.2) is 0 Å². The molecule has 4 heteroatoms. The Morgan fingerprint density at radius 3 is 2.29 bits per heavy atom. The molecule has 0 saturated carbocycles. The first-order valence-electron chi connectivity index (χ1n) is 4.47. The van der Waals surface area contributed by atoms with Gasteiger partial charge in [0, 0.05) is 23.2 Å². The number of benzene rings is 1. The molecule has 0 aliphatic carbocycles. The topological polar surface area (TPSA) is 34.3 Å². The number of nitrogens with zero attached hydrogens (tertiary/aromatic N) is 1.